The van der Waals surface area contributed by atoms with Crippen molar-refractivity contribution in [2.45, 2.75) is 20.8 Å². The number of carbonyl (C=O) groups is 1. The number of ether oxygens (including phenoxy) is 2. The van der Waals surface area contributed by atoms with E-state index in [1.165, 1.54) is 20.3 Å². The van der Waals surface area contributed by atoms with Crippen LogP contribution in [0.3, 0.4) is 0 Å². The number of hydrogen-bond donors (Lipinski definition) is 1. The van der Waals surface area contributed by atoms with Crippen LogP contribution in [0.1, 0.15) is 20.8 Å². The van der Waals surface area contributed by atoms with Gasteiger partial charge in [-0.25, -0.2) is 0 Å². The Balaban J connectivity index is 2.94. The average Bonchev–Trinajstić information content (AvgIpc) is 2.27. The van der Waals surface area contributed by atoms with Gasteiger partial charge >= 0.3 is 0 Å². The molecule has 0 aliphatic rings. The maximum absolute atomic E-state index is 11.8. The molecule has 6 nitrogen and oxygen atoms in total. The van der Waals surface area contributed by atoms with E-state index in [1.54, 1.807) is 20.8 Å². The molecule has 1 amide bonds. The molecule has 1 heterocycles. The van der Waals surface area contributed by atoms with Crippen LogP contribution in [0.15, 0.2) is 6.07 Å². The van der Waals surface area contributed by atoms with Gasteiger partial charge in [0.05, 0.1) is 20.3 Å². The fourth-order valence-corrected chi connectivity index (χ4v) is 0.958. The first-order valence-electron chi connectivity index (χ1n) is 5.15. The highest BCUT2D eigenvalue weighted by molar-refractivity contribution is 5.93. The second kappa shape index (κ2) is 4.99. The van der Waals surface area contributed by atoms with Crippen LogP contribution in [0.5, 0.6) is 11.8 Å². The minimum atomic E-state index is -0.514. The predicted molar refractivity (Wildman–Crippen MR) is 63.2 cm³/mol. The summed E-state index contributed by atoms with van der Waals surface area (Å²) >= 11 is 0. The minimum absolute atomic E-state index is 0.168. The van der Waals surface area contributed by atoms with Gasteiger partial charge in [0, 0.05) is 5.41 Å². The van der Waals surface area contributed by atoms with Crippen molar-refractivity contribution in [1.82, 2.24) is 9.97 Å². The van der Waals surface area contributed by atoms with E-state index < -0.39 is 5.41 Å². The normalized spacial score (nSPS) is 10.9. The summed E-state index contributed by atoms with van der Waals surface area (Å²) in [5.41, 5.74) is -0.514. The molecule has 0 radical (unpaired) electrons. The molecule has 0 bridgehead atoms. The third-order valence-electron chi connectivity index (χ3n) is 2.00. The van der Waals surface area contributed by atoms with Crippen molar-refractivity contribution in [1.29, 1.82) is 0 Å². The number of nitrogens with zero attached hydrogens (tertiary/aromatic N) is 2. The number of methoxy groups -OCH3 is 2. The third kappa shape index (κ3) is 3.58. The molecule has 0 fully saturated rings. The summed E-state index contributed by atoms with van der Waals surface area (Å²) in [6, 6.07) is 1.53. The first-order valence-corrected chi connectivity index (χ1v) is 5.15. The van der Waals surface area contributed by atoms with Crippen LogP contribution in [-0.2, 0) is 4.79 Å². The average molecular weight is 239 g/mol. The first kappa shape index (κ1) is 13.2. The fourth-order valence-electron chi connectivity index (χ4n) is 0.958. The monoisotopic (exact) mass is 239 g/mol. The highest BCUT2D eigenvalue weighted by Gasteiger charge is 2.22. The highest BCUT2D eigenvalue weighted by Crippen LogP contribution is 2.20. The van der Waals surface area contributed by atoms with Gasteiger partial charge < -0.3 is 9.47 Å². The maximum Gasteiger partial charge on any atom is 0.236 e. The molecule has 0 aliphatic heterocycles. The first-order chi connectivity index (χ1) is 7.86. The van der Waals surface area contributed by atoms with Gasteiger partial charge in [-0.05, 0) is 0 Å². The molecule has 94 valence electrons. The summed E-state index contributed by atoms with van der Waals surface area (Å²) < 4.78 is 9.96. The molecule has 17 heavy (non-hydrogen) atoms. The summed E-state index contributed by atoms with van der Waals surface area (Å²) in [4.78, 5) is 19.8. The molecule has 1 rings (SSSR count). The molecular formula is C11H17N3O3. The molecule has 6 heteroatoms. The van der Waals surface area contributed by atoms with Gasteiger partial charge in [0.1, 0.15) is 0 Å². The molecule has 1 aromatic rings. The molecule has 1 aromatic heterocycles. The maximum atomic E-state index is 11.8. The zero-order valence-corrected chi connectivity index (χ0v) is 10.7. The number of aromatic nitrogens is 2. The van der Waals surface area contributed by atoms with E-state index in [-0.39, 0.29) is 11.9 Å². The Morgan fingerprint density at radius 1 is 1.18 bits per heavy atom. The molecule has 0 atom stereocenters. The number of nitrogens with one attached hydrogen (secondary N) is 1. The van der Waals surface area contributed by atoms with Crippen LogP contribution in [0, 0.1) is 5.41 Å². The van der Waals surface area contributed by atoms with E-state index in [1.807, 2.05) is 0 Å². The largest absolute Gasteiger partial charge is 0.481 e. The molecule has 0 unspecified atom stereocenters. The summed E-state index contributed by atoms with van der Waals surface area (Å²) in [6.45, 7) is 5.42. The molecule has 0 aliphatic carbocycles. The van der Waals surface area contributed by atoms with Crippen LogP contribution in [0.4, 0.5) is 5.95 Å². The van der Waals surface area contributed by atoms with Crippen molar-refractivity contribution >= 4 is 11.9 Å². The Morgan fingerprint density at radius 3 is 2.00 bits per heavy atom. The summed E-state index contributed by atoms with van der Waals surface area (Å²) in [6.07, 6.45) is 0. The van der Waals surface area contributed by atoms with Gasteiger partial charge in [-0.2, -0.15) is 9.97 Å². The Bertz CT molecular complexity index is 391. The second-order valence-electron chi connectivity index (χ2n) is 4.48. The quantitative estimate of drug-likeness (QED) is 0.864. The highest BCUT2D eigenvalue weighted by atomic mass is 16.5. The van der Waals surface area contributed by atoms with Crippen molar-refractivity contribution in [3.63, 3.8) is 0 Å². The number of carbonyl (C=O) groups excluding carboxylic acids is 1. The van der Waals surface area contributed by atoms with Crippen LogP contribution in [0.25, 0.3) is 0 Å². The van der Waals surface area contributed by atoms with Crippen LogP contribution in [-0.4, -0.2) is 30.1 Å². The molecule has 0 spiro atoms. The smallest absolute Gasteiger partial charge is 0.236 e. The van der Waals surface area contributed by atoms with Gasteiger partial charge in [0.25, 0.3) is 0 Å². The Hall–Kier alpha value is -1.85. The lowest BCUT2D eigenvalue weighted by molar-refractivity contribution is -0.123. The van der Waals surface area contributed by atoms with E-state index in [2.05, 4.69) is 15.3 Å². The number of hydrogen-bond acceptors (Lipinski definition) is 5. The SMILES string of the molecule is COc1cc(OC)nc(NC(=O)C(C)(C)C)n1. The molecular weight excluding hydrogens is 222 g/mol. The van der Waals surface area contributed by atoms with E-state index >= 15 is 0 Å². The van der Waals surface area contributed by atoms with Crippen molar-refractivity contribution in [2.24, 2.45) is 5.41 Å². The number of amides is 1. The van der Waals surface area contributed by atoms with E-state index in [9.17, 15) is 4.79 Å². The van der Waals surface area contributed by atoms with Crippen LogP contribution >= 0.6 is 0 Å². The third-order valence-corrected chi connectivity index (χ3v) is 2.00. The number of anilines is 1. The minimum Gasteiger partial charge on any atom is -0.481 e. The summed E-state index contributed by atoms with van der Waals surface area (Å²) in [5, 5.41) is 2.61. The van der Waals surface area contributed by atoms with Gasteiger partial charge in [-0.1, -0.05) is 20.8 Å². The lowest BCUT2D eigenvalue weighted by atomic mass is 9.96. The van der Waals surface area contributed by atoms with E-state index in [0.29, 0.717) is 11.8 Å². The van der Waals surface area contributed by atoms with Crippen LogP contribution in [0.2, 0.25) is 0 Å². The molecule has 0 saturated carbocycles. The van der Waals surface area contributed by atoms with Crippen molar-refractivity contribution in [3.8, 4) is 11.8 Å². The number of rotatable bonds is 3. The van der Waals surface area contributed by atoms with Gasteiger partial charge in [0.2, 0.25) is 23.6 Å². The zero-order valence-electron chi connectivity index (χ0n) is 10.7. The predicted octanol–water partition coefficient (Wildman–Crippen LogP) is 1.48. The lowest BCUT2D eigenvalue weighted by Gasteiger charge is -2.17. The van der Waals surface area contributed by atoms with E-state index in [0.717, 1.165) is 0 Å². The molecule has 0 saturated heterocycles. The van der Waals surface area contributed by atoms with Crippen LogP contribution < -0.4 is 14.8 Å². The van der Waals surface area contributed by atoms with Crippen molar-refractivity contribution < 1.29 is 14.3 Å². The zero-order chi connectivity index (χ0) is 13.1. The van der Waals surface area contributed by atoms with Crippen molar-refractivity contribution in [2.75, 3.05) is 19.5 Å². The summed E-state index contributed by atoms with van der Waals surface area (Å²) in [5.74, 6) is 0.663. The fraction of sp³-hybridized carbons (Fsp3) is 0.545. The topological polar surface area (TPSA) is 73.3 Å². The molecule has 1 N–H and O–H groups in total. The van der Waals surface area contributed by atoms with Crippen molar-refractivity contribution in [3.05, 3.63) is 6.07 Å². The Labute approximate surface area is 100 Å². The Morgan fingerprint density at radius 2 is 1.65 bits per heavy atom. The Kier molecular flexibility index (Phi) is 3.88. The van der Waals surface area contributed by atoms with Gasteiger partial charge in [-0.15, -0.1) is 0 Å². The second-order valence-corrected chi connectivity index (χ2v) is 4.48. The van der Waals surface area contributed by atoms with E-state index in [4.69, 9.17) is 9.47 Å². The van der Waals surface area contributed by atoms with Gasteiger partial charge in [-0.3, -0.25) is 10.1 Å². The van der Waals surface area contributed by atoms with Gasteiger partial charge in [0.15, 0.2) is 0 Å². The standard InChI is InChI=1S/C11H17N3O3/c1-11(2,3)9(15)14-10-12-7(16-4)6-8(13-10)17-5/h6H,1-5H3,(H,12,13,14,15). The molecule has 0 aromatic carbocycles. The summed E-state index contributed by atoms with van der Waals surface area (Å²) in [7, 11) is 2.97. The lowest BCUT2D eigenvalue weighted by Crippen LogP contribution is -2.28.